The molecule has 1 heterocycles. The predicted octanol–water partition coefficient (Wildman–Crippen LogP) is 4.74. The number of aromatic nitrogens is 2. The van der Waals surface area contributed by atoms with Crippen molar-refractivity contribution in [3.05, 3.63) is 65.6 Å². The third-order valence-electron chi connectivity index (χ3n) is 3.88. The van der Waals surface area contributed by atoms with Crippen molar-refractivity contribution in [2.24, 2.45) is 0 Å². The Kier molecular flexibility index (Phi) is 4.70. The Morgan fingerprint density at radius 3 is 2.23 bits per heavy atom. The van der Waals surface area contributed by atoms with Gasteiger partial charge in [-0.15, -0.1) is 0 Å². The lowest BCUT2D eigenvalue weighted by Gasteiger charge is -2.09. The smallest absolute Gasteiger partial charge is 0.255 e. The number of hydrogen-bond acceptors (Lipinski definition) is 2. The molecule has 0 amide bonds. The summed E-state index contributed by atoms with van der Waals surface area (Å²) in [7, 11) is -1.20. The number of hydrogen-bond donors (Lipinski definition) is 0. The minimum Gasteiger partial charge on any atom is -0.255 e. The zero-order valence-corrected chi connectivity index (χ0v) is 14.7. The summed E-state index contributed by atoms with van der Waals surface area (Å²) >= 11 is 0. The number of alkyl halides is 3. The standard InChI is InChI=1S/C18H14F4N2OS/c1-11-3-6-13(9-15(11)19)24-16(10-17(23-24)18(20,21)22)12-4-7-14(8-5-12)26(2)25/h3-10H,1-2H3. The van der Waals surface area contributed by atoms with Gasteiger partial charge in [0.1, 0.15) is 5.82 Å². The molecule has 1 atom stereocenters. The molecule has 136 valence electrons. The summed E-state index contributed by atoms with van der Waals surface area (Å²) in [6, 6.07) is 11.3. The lowest BCUT2D eigenvalue weighted by molar-refractivity contribution is -0.141. The van der Waals surface area contributed by atoms with E-state index in [9.17, 15) is 21.8 Å². The van der Waals surface area contributed by atoms with Crippen LogP contribution in [0.5, 0.6) is 0 Å². The van der Waals surface area contributed by atoms with Gasteiger partial charge in [0.15, 0.2) is 5.69 Å². The molecule has 3 rings (SSSR count). The number of benzene rings is 2. The fraction of sp³-hybridized carbons (Fsp3) is 0.167. The van der Waals surface area contributed by atoms with Gasteiger partial charge in [-0.25, -0.2) is 9.07 Å². The van der Waals surface area contributed by atoms with Crippen LogP contribution in [0.4, 0.5) is 17.6 Å². The van der Waals surface area contributed by atoms with E-state index in [1.165, 1.54) is 18.4 Å². The summed E-state index contributed by atoms with van der Waals surface area (Å²) in [5.41, 5.74) is 0.101. The average molecular weight is 382 g/mol. The van der Waals surface area contributed by atoms with Gasteiger partial charge in [0.05, 0.1) is 11.4 Å². The van der Waals surface area contributed by atoms with Crippen LogP contribution in [0, 0.1) is 12.7 Å². The normalized spacial score (nSPS) is 13.0. The summed E-state index contributed by atoms with van der Waals surface area (Å²) in [4.78, 5) is 0.553. The Balaban J connectivity index is 2.18. The molecule has 0 saturated heterocycles. The second-order valence-corrected chi connectivity index (χ2v) is 7.12. The summed E-state index contributed by atoms with van der Waals surface area (Å²) in [5.74, 6) is -0.533. The van der Waals surface area contributed by atoms with Gasteiger partial charge >= 0.3 is 6.18 Å². The molecule has 3 aromatic rings. The largest absolute Gasteiger partial charge is 0.435 e. The first-order chi connectivity index (χ1) is 12.2. The maximum atomic E-state index is 13.9. The fourth-order valence-corrected chi connectivity index (χ4v) is 2.97. The summed E-state index contributed by atoms with van der Waals surface area (Å²) in [5, 5.41) is 3.62. The molecule has 3 nitrogen and oxygen atoms in total. The summed E-state index contributed by atoms with van der Waals surface area (Å²) in [6.45, 7) is 1.56. The van der Waals surface area contributed by atoms with Crippen molar-refractivity contribution in [3.8, 4) is 16.9 Å². The molecule has 0 fully saturated rings. The maximum Gasteiger partial charge on any atom is 0.435 e. The average Bonchev–Trinajstić information content (AvgIpc) is 3.03. The van der Waals surface area contributed by atoms with Gasteiger partial charge in [-0.05, 0) is 42.8 Å². The quantitative estimate of drug-likeness (QED) is 0.613. The highest BCUT2D eigenvalue weighted by Crippen LogP contribution is 2.33. The Morgan fingerprint density at radius 1 is 1.04 bits per heavy atom. The SMILES string of the molecule is Cc1ccc(-n2nc(C(F)(F)F)cc2-c2ccc(S(C)=O)cc2)cc1F. The second-order valence-electron chi connectivity index (χ2n) is 5.74. The first-order valence-corrected chi connectivity index (χ1v) is 9.10. The van der Waals surface area contributed by atoms with Gasteiger partial charge in [0.25, 0.3) is 0 Å². The third kappa shape index (κ3) is 3.55. The van der Waals surface area contributed by atoms with Crippen LogP contribution in [-0.4, -0.2) is 20.2 Å². The van der Waals surface area contributed by atoms with Crippen LogP contribution in [0.2, 0.25) is 0 Å². The van der Waals surface area contributed by atoms with E-state index in [1.54, 1.807) is 31.2 Å². The Morgan fingerprint density at radius 2 is 1.69 bits per heavy atom. The highest BCUT2D eigenvalue weighted by molar-refractivity contribution is 7.84. The van der Waals surface area contributed by atoms with Crippen LogP contribution >= 0.6 is 0 Å². The Bertz CT molecular complexity index is 978. The van der Waals surface area contributed by atoms with E-state index in [0.29, 0.717) is 16.0 Å². The lowest BCUT2D eigenvalue weighted by Crippen LogP contribution is -2.07. The van der Waals surface area contributed by atoms with E-state index in [0.717, 1.165) is 16.8 Å². The van der Waals surface area contributed by atoms with Crippen LogP contribution in [0.15, 0.2) is 53.4 Å². The summed E-state index contributed by atoms with van der Waals surface area (Å²) in [6.07, 6.45) is -3.12. The highest BCUT2D eigenvalue weighted by atomic mass is 32.2. The van der Waals surface area contributed by atoms with Crippen molar-refractivity contribution in [2.45, 2.75) is 18.0 Å². The van der Waals surface area contributed by atoms with Gasteiger partial charge in [0, 0.05) is 27.5 Å². The number of halogens is 4. The van der Waals surface area contributed by atoms with Gasteiger partial charge in [0.2, 0.25) is 0 Å². The van der Waals surface area contributed by atoms with Gasteiger partial charge in [-0.2, -0.15) is 18.3 Å². The van der Waals surface area contributed by atoms with E-state index in [1.807, 2.05) is 0 Å². The molecule has 0 N–H and O–H groups in total. The first-order valence-electron chi connectivity index (χ1n) is 7.54. The first kappa shape index (κ1) is 18.3. The molecule has 1 aromatic heterocycles. The number of aryl methyl sites for hydroxylation is 1. The van der Waals surface area contributed by atoms with Crippen LogP contribution < -0.4 is 0 Å². The topological polar surface area (TPSA) is 34.9 Å². The van der Waals surface area contributed by atoms with Crippen molar-refractivity contribution < 1.29 is 21.8 Å². The predicted molar refractivity (Wildman–Crippen MR) is 91.0 cm³/mol. The molecule has 8 heteroatoms. The molecule has 0 bridgehead atoms. The number of rotatable bonds is 3. The van der Waals surface area contributed by atoms with Gasteiger partial charge < -0.3 is 0 Å². The lowest BCUT2D eigenvalue weighted by atomic mass is 10.1. The monoisotopic (exact) mass is 382 g/mol. The Labute approximate surface area is 149 Å². The number of nitrogens with zero attached hydrogens (tertiary/aromatic N) is 2. The molecule has 0 radical (unpaired) electrons. The van der Waals surface area contributed by atoms with Crippen molar-refractivity contribution in [3.63, 3.8) is 0 Å². The highest BCUT2D eigenvalue weighted by Gasteiger charge is 2.35. The molecule has 2 aromatic carbocycles. The van der Waals surface area contributed by atoms with Gasteiger partial charge in [-0.3, -0.25) is 4.21 Å². The van der Waals surface area contributed by atoms with E-state index in [4.69, 9.17) is 0 Å². The minimum absolute atomic E-state index is 0.161. The molecule has 0 aliphatic rings. The minimum atomic E-state index is -4.63. The van der Waals surface area contributed by atoms with Crippen molar-refractivity contribution in [2.75, 3.05) is 6.26 Å². The van der Waals surface area contributed by atoms with Gasteiger partial charge in [-0.1, -0.05) is 18.2 Å². The molecule has 0 aliphatic carbocycles. The molecular weight excluding hydrogens is 368 g/mol. The van der Waals surface area contributed by atoms with Crippen LogP contribution in [0.3, 0.4) is 0 Å². The molecule has 26 heavy (non-hydrogen) atoms. The molecule has 0 aliphatic heterocycles. The fourth-order valence-electron chi connectivity index (χ4n) is 2.45. The molecular formula is C18H14F4N2OS. The van der Waals surface area contributed by atoms with E-state index in [2.05, 4.69) is 5.10 Å². The molecule has 0 spiro atoms. The van der Waals surface area contributed by atoms with Crippen molar-refractivity contribution in [1.29, 1.82) is 0 Å². The van der Waals surface area contributed by atoms with Crippen molar-refractivity contribution in [1.82, 2.24) is 9.78 Å². The van der Waals surface area contributed by atoms with Crippen LogP contribution in [0.25, 0.3) is 16.9 Å². The van der Waals surface area contributed by atoms with E-state index in [-0.39, 0.29) is 11.4 Å². The summed E-state index contributed by atoms with van der Waals surface area (Å²) < 4.78 is 65.8. The molecule has 0 saturated carbocycles. The zero-order valence-electron chi connectivity index (χ0n) is 13.8. The molecule has 1 unspecified atom stereocenters. The zero-order chi connectivity index (χ0) is 19.1. The maximum absolute atomic E-state index is 13.9. The van der Waals surface area contributed by atoms with E-state index >= 15 is 0 Å². The Hall–Kier alpha value is -2.48. The van der Waals surface area contributed by atoms with Crippen LogP contribution in [0.1, 0.15) is 11.3 Å². The van der Waals surface area contributed by atoms with E-state index < -0.39 is 28.5 Å². The van der Waals surface area contributed by atoms with Crippen LogP contribution in [-0.2, 0) is 17.0 Å². The third-order valence-corrected chi connectivity index (χ3v) is 4.82. The van der Waals surface area contributed by atoms with Crippen molar-refractivity contribution >= 4 is 10.8 Å². The second kappa shape index (κ2) is 6.68.